The van der Waals surface area contributed by atoms with Crippen LogP contribution in [0.15, 0.2) is 200 Å². The van der Waals surface area contributed by atoms with Crippen molar-refractivity contribution in [3.8, 4) is 11.1 Å². The molecule has 1 aliphatic rings. The van der Waals surface area contributed by atoms with Gasteiger partial charge in [-0.05, 0) is 128 Å². The van der Waals surface area contributed by atoms with Gasteiger partial charge in [0.2, 0.25) is 0 Å². The molecular weight excluding hydrogens is 701 g/mol. The van der Waals surface area contributed by atoms with Crippen LogP contribution in [-0.4, -0.2) is 6.04 Å². The minimum absolute atomic E-state index is 0.251. The van der Waals surface area contributed by atoms with Gasteiger partial charge in [0.25, 0.3) is 0 Å². The smallest absolute Gasteiger partial charge is 0.0560 e. The SMILES string of the molecule is Cc1ccc(N(c2ccc(C)cc2)c2ccc(/C=C/c3ccc(-c4ccc(/C=C/C5=CCC(N(c6ccc(C)cc6)c6ccc(C)cc6)C=C5)cc4)cc3)cc2)cc1. The standard InChI is InChI=1S/C56H50N2/c1-41-5-29-51(30-6-41)57(52-31-7-42(2)8-32-52)55-37-21-47(22-38-55)15-13-45-17-25-49(26-18-45)50-27-19-46(20-28-50)14-16-48-23-39-56(40-24-48)58(53-33-9-43(3)10-34-53)54-35-11-44(4)12-36-54/h5-39,56H,40H2,1-4H3/b15-13+,16-14+. The number of anilines is 5. The molecule has 0 fully saturated rings. The molecule has 58 heavy (non-hydrogen) atoms. The molecule has 0 radical (unpaired) electrons. The van der Waals surface area contributed by atoms with Gasteiger partial charge in [0.05, 0.1) is 6.04 Å². The lowest BCUT2D eigenvalue weighted by molar-refractivity contribution is 0.781. The Hall–Kier alpha value is -6.90. The third-order valence-electron chi connectivity index (χ3n) is 10.9. The summed E-state index contributed by atoms with van der Waals surface area (Å²) in [5.41, 5.74) is 18.1. The van der Waals surface area contributed by atoms with Crippen LogP contribution in [0.1, 0.15) is 45.4 Å². The van der Waals surface area contributed by atoms with Gasteiger partial charge in [-0.15, -0.1) is 0 Å². The third kappa shape index (κ3) is 9.20. The number of rotatable bonds is 11. The zero-order chi connectivity index (χ0) is 39.8. The van der Waals surface area contributed by atoms with Gasteiger partial charge in [0.1, 0.15) is 0 Å². The van der Waals surface area contributed by atoms with Gasteiger partial charge in [-0.1, -0.05) is 174 Å². The van der Waals surface area contributed by atoms with Gasteiger partial charge < -0.3 is 9.80 Å². The van der Waals surface area contributed by atoms with Crippen molar-refractivity contribution in [3.05, 3.63) is 239 Å². The first-order valence-corrected chi connectivity index (χ1v) is 20.3. The van der Waals surface area contributed by atoms with Crippen molar-refractivity contribution in [2.45, 2.75) is 40.2 Å². The second-order valence-corrected chi connectivity index (χ2v) is 15.4. The lowest BCUT2D eigenvalue weighted by Gasteiger charge is -2.33. The molecule has 0 bridgehead atoms. The van der Waals surface area contributed by atoms with Crippen LogP contribution in [0, 0.1) is 27.7 Å². The van der Waals surface area contributed by atoms with E-state index in [1.807, 2.05) is 0 Å². The van der Waals surface area contributed by atoms with Crippen molar-refractivity contribution >= 4 is 46.7 Å². The summed E-state index contributed by atoms with van der Waals surface area (Å²) < 4.78 is 0. The lowest BCUT2D eigenvalue weighted by atomic mass is 9.98. The Morgan fingerprint density at radius 3 is 1.07 bits per heavy atom. The first-order chi connectivity index (χ1) is 28.3. The number of aryl methyl sites for hydroxylation is 4. The van der Waals surface area contributed by atoms with Crippen LogP contribution in [0.4, 0.5) is 28.4 Å². The quantitative estimate of drug-likeness (QED) is 0.122. The molecule has 8 rings (SSSR count). The number of nitrogens with zero attached hydrogens (tertiary/aromatic N) is 2. The molecular formula is C56H50N2. The van der Waals surface area contributed by atoms with E-state index in [-0.39, 0.29) is 6.04 Å². The van der Waals surface area contributed by atoms with Gasteiger partial charge in [0, 0.05) is 28.4 Å². The van der Waals surface area contributed by atoms with E-state index in [1.165, 1.54) is 61.5 Å². The average Bonchev–Trinajstić information content (AvgIpc) is 3.26. The minimum Gasteiger partial charge on any atom is -0.334 e. The Bertz CT molecular complexity index is 2460. The second kappa shape index (κ2) is 17.5. The molecule has 0 saturated heterocycles. The molecule has 1 unspecified atom stereocenters. The largest absolute Gasteiger partial charge is 0.334 e. The van der Waals surface area contributed by atoms with Crippen LogP contribution in [0.3, 0.4) is 0 Å². The zero-order valence-corrected chi connectivity index (χ0v) is 33.9. The van der Waals surface area contributed by atoms with Crippen molar-refractivity contribution < 1.29 is 0 Å². The van der Waals surface area contributed by atoms with Crippen LogP contribution in [0.2, 0.25) is 0 Å². The lowest BCUT2D eigenvalue weighted by Crippen LogP contribution is -2.30. The normalized spacial score (nSPS) is 13.9. The monoisotopic (exact) mass is 750 g/mol. The molecule has 0 heterocycles. The summed E-state index contributed by atoms with van der Waals surface area (Å²) in [7, 11) is 0. The van der Waals surface area contributed by atoms with Crippen molar-refractivity contribution in [2.75, 3.05) is 9.80 Å². The van der Waals surface area contributed by atoms with Crippen molar-refractivity contribution in [1.82, 2.24) is 0 Å². The van der Waals surface area contributed by atoms with Crippen molar-refractivity contribution in [1.29, 1.82) is 0 Å². The highest BCUT2D eigenvalue weighted by molar-refractivity contribution is 5.79. The summed E-state index contributed by atoms with van der Waals surface area (Å²) in [5.74, 6) is 0. The molecule has 2 nitrogen and oxygen atoms in total. The van der Waals surface area contributed by atoms with Gasteiger partial charge in [-0.25, -0.2) is 0 Å². The molecule has 7 aromatic carbocycles. The topological polar surface area (TPSA) is 6.48 Å². The zero-order valence-electron chi connectivity index (χ0n) is 33.9. The van der Waals surface area contributed by atoms with Gasteiger partial charge in [0.15, 0.2) is 0 Å². The van der Waals surface area contributed by atoms with Crippen molar-refractivity contribution in [2.24, 2.45) is 0 Å². The maximum Gasteiger partial charge on any atom is 0.0560 e. The average molecular weight is 751 g/mol. The fraction of sp³-hybridized carbons (Fsp3) is 0.107. The maximum atomic E-state index is 2.44. The highest BCUT2D eigenvalue weighted by atomic mass is 15.2. The summed E-state index contributed by atoms with van der Waals surface area (Å²) in [5, 5.41) is 0. The Kier molecular flexibility index (Phi) is 11.5. The molecule has 7 aromatic rings. The van der Waals surface area contributed by atoms with Gasteiger partial charge in [-0.3, -0.25) is 0 Å². The van der Waals surface area contributed by atoms with Gasteiger partial charge in [-0.2, -0.15) is 0 Å². The Morgan fingerprint density at radius 1 is 0.379 bits per heavy atom. The molecule has 1 atom stereocenters. The molecule has 2 heteroatoms. The Balaban J connectivity index is 0.889. The van der Waals surface area contributed by atoms with Crippen LogP contribution >= 0.6 is 0 Å². The fourth-order valence-corrected chi connectivity index (χ4v) is 7.41. The molecule has 0 N–H and O–H groups in total. The summed E-state index contributed by atoms with van der Waals surface area (Å²) in [4.78, 5) is 4.75. The molecule has 0 saturated carbocycles. The second-order valence-electron chi connectivity index (χ2n) is 15.4. The van der Waals surface area contributed by atoms with E-state index < -0.39 is 0 Å². The van der Waals surface area contributed by atoms with Crippen molar-refractivity contribution in [3.63, 3.8) is 0 Å². The highest BCUT2D eigenvalue weighted by Crippen LogP contribution is 2.36. The van der Waals surface area contributed by atoms with E-state index in [4.69, 9.17) is 0 Å². The number of allylic oxidation sites excluding steroid dienone is 3. The first kappa shape index (κ1) is 38.0. The Labute approximate surface area is 345 Å². The molecule has 0 aliphatic heterocycles. The van der Waals surface area contributed by atoms with E-state index in [0.29, 0.717) is 0 Å². The first-order valence-electron chi connectivity index (χ1n) is 20.3. The molecule has 0 aromatic heterocycles. The van der Waals surface area contributed by atoms with Crippen LogP contribution in [0.5, 0.6) is 0 Å². The van der Waals surface area contributed by atoms with Crippen LogP contribution in [0.25, 0.3) is 29.4 Å². The van der Waals surface area contributed by atoms with Crippen LogP contribution < -0.4 is 9.80 Å². The van der Waals surface area contributed by atoms with Gasteiger partial charge >= 0.3 is 0 Å². The summed E-state index contributed by atoms with van der Waals surface area (Å²) in [6, 6.07) is 61.8. The van der Waals surface area contributed by atoms with E-state index in [2.05, 4.69) is 250 Å². The third-order valence-corrected chi connectivity index (χ3v) is 10.9. The van der Waals surface area contributed by atoms with E-state index in [9.17, 15) is 0 Å². The maximum absolute atomic E-state index is 2.44. The molecule has 0 spiro atoms. The number of hydrogen-bond donors (Lipinski definition) is 0. The summed E-state index contributed by atoms with van der Waals surface area (Å²) in [6.45, 7) is 8.53. The Morgan fingerprint density at radius 2 is 0.707 bits per heavy atom. The number of benzene rings is 7. The summed E-state index contributed by atoms with van der Waals surface area (Å²) >= 11 is 0. The molecule has 1 aliphatic carbocycles. The highest BCUT2D eigenvalue weighted by Gasteiger charge is 2.20. The predicted octanol–water partition coefficient (Wildman–Crippen LogP) is 15.3. The minimum atomic E-state index is 0.251. The molecule has 284 valence electrons. The summed E-state index contributed by atoms with van der Waals surface area (Å²) in [6.07, 6.45) is 16.7. The van der Waals surface area contributed by atoms with E-state index >= 15 is 0 Å². The predicted molar refractivity (Wildman–Crippen MR) is 251 cm³/mol. The molecule has 0 amide bonds. The van der Waals surface area contributed by atoms with E-state index in [1.54, 1.807) is 0 Å². The number of hydrogen-bond acceptors (Lipinski definition) is 2. The van der Waals surface area contributed by atoms with E-state index in [0.717, 1.165) is 29.0 Å². The fourth-order valence-electron chi connectivity index (χ4n) is 7.41. The van der Waals surface area contributed by atoms with Crippen LogP contribution in [-0.2, 0) is 0 Å².